The summed E-state index contributed by atoms with van der Waals surface area (Å²) in [7, 11) is 4.11. The zero-order valence-electron chi connectivity index (χ0n) is 15.4. The van der Waals surface area contributed by atoms with Crippen LogP contribution in [-0.2, 0) is 4.74 Å². The van der Waals surface area contributed by atoms with Crippen LogP contribution in [0.3, 0.4) is 0 Å². The van der Waals surface area contributed by atoms with Crippen molar-refractivity contribution in [2.45, 2.75) is 19.4 Å². The number of thiophene rings is 1. The van der Waals surface area contributed by atoms with Gasteiger partial charge in [-0.3, -0.25) is 4.79 Å². The topological polar surface area (TPSA) is 49.9 Å². The molecular weight excluding hydrogens is 348 g/mol. The molecule has 0 spiro atoms. The molecule has 1 amide bonds. The second-order valence-electron chi connectivity index (χ2n) is 6.62. The molecule has 1 saturated heterocycles. The number of carbonyl (C=O) groups is 2. The van der Waals surface area contributed by atoms with Gasteiger partial charge in [-0.05, 0) is 57.3 Å². The van der Waals surface area contributed by atoms with E-state index in [-0.39, 0.29) is 11.9 Å². The van der Waals surface area contributed by atoms with E-state index < -0.39 is 0 Å². The number of hydrogen-bond acceptors (Lipinski definition) is 5. The second-order valence-corrected chi connectivity index (χ2v) is 7.70. The van der Waals surface area contributed by atoms with Crippen LogP contribution >= 0.6 is 11.3 Å². The third kappa shape index (κ3) is 3.97. The molecule has 2 heterocycles. The number of hydrogen-bond donors (Lipinski definition) is 0. The minimum Gasteiger partial charge on any atom is -0.462 e. The largest absolute Gasteiger partial charge is 0.462 e. The van der Waals surface area contributed by atoms with Crippen LogP contribution in [0.2, 0.25) is 0 Å². The molecule has 0 saturated carbocycles. The van der Waals surface area contributed by atoms with E-state index in [9.17, 15) is 9.59 Å². The van der Waals surface area contributed by atoms with Crippen molar-refractivity contribution in [3.05, 3.63) is 46.8 Å². The molecule has 1 aliphatic rings. The monoisotopic (exact) mass is 372 g/mol. The lowest BCUT2D eigenvalue weighted by atomic mass is 10.1. The van der Waals surface area contributed by atoms with Crippen molar-refractivity contribution in [3.8, 4) is 10.4 Å². The van der Waals surface area contributed by atoms with E-state index >= 15 is 0 Å². The van der Waals surface area contributed by atoms with Crippen molar-refractivity contribution >= 4 is 23.2 Å². The van der Waals surface area contributed by atoms with Gasteiger partial charge >= 0.3 is 5.97 Å². The van der Waals surface area contributed by atoms with Crippen LogP contribution in [0.5, 0.6) is 0 Å². The number of amides is 1. The Hall–Kier alpha value is -2.18. The summed E-state index contributed by atoms with van der Waals surface area (Å²) in [6.07, 6.45) is 1.02. The standard InChI is InChI=1S/C20H24N2O3S/c1-4-25-20(24)18-10-9-17(26-18)14-5-7-15(8-6-14)19(23)22-12-11-16(13-22)21(2)3/h5-10,16H,4,11-13H2,1-3H3/t16-/m1/s1. The molecule has 26 heavy (non-hydrogen) atoms. The van der Waals surface area contributed by atoms with Gasteiger partial charge in [-0.25, -0.2) is 4.79 Å². The predicted octanol–water partition coefficient (Wildman–Crippen LogP) is 3.37. The Balaban J connectivity index is 1.69. The van der Waals surface area contributed by atoms with Crippen molar-refractivity contribution in [3.63, 3.8) is 0 Å². The van der Waals surface area contributed by atoms with Gasteiger partial charge in [-0.15, -0.1) is 11.3 Å². The molecule has 1 atom stereocenters. The van der Waals surface area contributed by atoms with Crippen molar-refractivity contribution in [1.29, 1.82) is 0 Å². The van der Waals surface area contributed by atoms with Crippen LogP contribution in [0.25, 0.3) is 10.4 Å². The highest BCUT2D eigenvalue weighted by molar-refractivity contribution is 7.17. The van der Waals surface area contributed by atoms with Crippen molar-refractivity contribution in [2.75, 3.05) is 33.8 Å². The quantitative estimate of drug-likeness (QED) is 0.755. The highest BCUT2D eigenvalue weighted by atomic mass is 32.1. The highest BCUT2D eigenvalue weighted by Gasteiger charge is 2.28. The normalized spacial score (nSPS) is 16.9. The average Bonchev–Trinajstić information content (AvgIpc) is 3.31. The van der Waals surface area contributed by atoms with Crippen LogP contribution in [0.4, 0.5) is 0 Å². The number of ether oxygens (including phenoxy) is 1. The SMILES string of the molecule is CCOC(=O)c1ccc(-c2ccc(C(=O)N3CC[C@@H](N(C)C)C3)cc2)s1. The van der Waals surface area contributed by atoms with E-state index in [4.69, 9.17) is 4.74 Å². The summed E-state index contributed by atoms with van der Waals surface area (Å²) in [5.74, 6) is -0.209. The lowest BCUT2D eigenvalue weighted by molar-refractivity contribution is 0.0532. The number of nitrogens with zero attached hydrogens (tertiary/aromatic N) is 2. The maximum Gasteiger partial charge on any atom is 0.348 e. The first kappa shape index (κ1) is 18.6. The molecule has 0 bridgehead atoms. The van der Waals surface area contributed by atoms with Gasteiger partial charge in [0.05, 0.1) is 6.61 Å². The summed E-state index contributed by atoms with van der Waals surface area (Å²) < 4.78 is 5.03. The van der Waals surface area contributed by atoms with Gasteiger partial charge in [0.1, 0.15) is 4.88 Å². The zero-order valence-corrected chi connectivity index (χ0v) is 16.2. The van der Waals surface area contributed by atoms with E-state index in [0.717, 1.165) is 30.0 Å². The maximum atomic E-state index is 12.7. The fraction of sp³-hybridized carbons (Fsp3) is 0.400. The molecule has 1 aliphatic heterocycles. The van der Waals surface area contributed by atoms with Crippen molar-refractivity contribution in [1.82, 2.24) is 9.80 Å². The van der Waals surface area contributed by atoms with E-state index in [2.05, 4.69) is 19.0 Å². The lowest BCUT2D eigenvalue weighted by Crippen LogP contribution is -2.34. The maximum absolute atomic E-state index is 12.7. The highest BCUT2D eigenvalue weighted by Crippen LogP contribution is 2.29. The van der Waals surface area contributed by atoms with E-state index in [1.807, 2.05) is 35.2 Å². The van der Waals surface area contributed by atoms with Crippen LogP contribution in [0.15, 0.2) is 36.4 Å². The summed E-state index contributed by atoms with van der Waals surface area (Å²) in [6.45, 7) is 3.75. The number of rotatable bonds is 5. The zero-order chi connectivity index (χ0) is 18.7. The Kier molecular flexibility index (Phi) is 5.74. The van der Waals surface area contributed by atoms with E-state index in [1.54, 1.807) is 13.0 Å². The van der Waals surface area contributed by atoms with Crippen molar-refractivity contribution in [2.24, 2.45) is 0 Å². The second kappa shape index (κ2) is 8.01. The molecule has 0 N–H and O–H groups in total. The van der Waals surface area contributed by atoms with E-state index in [1.165, 1.54) is 11.3 Å². The molecule has 1 aromatic carbocycles. The molecular formula is C20H24N2O3S. The Morgan fingerprint density at radius 2 is 1.92 bits per heavy atom. The number of esters is 1. The summed E-state index contributed by atoms with van der Waals surface area (Å²) in [5, 5.41) is 0. The van der Waals surface area contributed by atoms with E-state index in [0.29, 0.717) is 23.1 Å². The van der Waals surface area contributed by atoms with Gasteiger partial charge in [0, 0.05) is 29.6 Å². The summed E-state index contributed by atoms with van der Waals surface area (Å²) >= 11 is 1.40. The van der Waals surface area contributed by atoms with Crippen LogP contribution in [0.1, 0.15) is 33.4 Å². The molecule has 2 aromatic rings. The Morgan fingerprint density at radius 1 is 1.19 bits per heavy atom. The third-order valence-corrected chi connectivity index (χ3v) is 5.79. The first-order chi connectivity index (χ1) is 12.5. The minimum atomic E-state index is -0.292. The molecule has 3 rings (SSSR count). The van der Waals surface area contributed by atoms with Crippen molar-refractivity contribution < 1.29 is 14.3 Å². The summed E-state index contributed by atoms with van der Waals surface area (Å²) in [6, 6.07) is 11.7. The third-order valence-electron chi connectivity index (χ3n) is 4.68. The predicted molar refractivity (Wildman–Crippen MR) is 104 cm³/mol. The minimum absolute atomic E-state index is 0.0827. The average molecular weight is 372 g/mol. The molecule has 0 aliphatic carbocycles. The first-order valence-electron chi connectivity index (χ1n) is 8.82. The molecule has 1 fully saturated rings. The fourth-order valence-corrected chi connectivity index (χ4v) is 4.02. The van der Waals surface area contributed by atoms with Crippen LogP contribution in [-0.4, -0.2) is 61.5 Å². The summed E-state index contributed by atoms with van der Waals surface area (Å²) in [5.41, 5.74) is 1.70. The molecule has 5 nitrogen and oxygen atoms in total. The van der Waals surface area contributed by atoms with Gasteiger partial charge in [-0.2, -0.15) is 0 Å². The van der Waals surface area contributed by atoms with Crippen LogP contribution < -0.4 is 0 Å². The van der Waals surface area contributed by atoms with Gasteiger partial charge in [0.15, 0.2) is 0 Å². The van der Waals surface area contributed by atoms with Crippen LogP contribution in [0, 0.1) is 0 Å². The van der Waals surface area contributed by atoms with Gasteiger partial charge in [0.25, 0.3) is 5.91 Å². The number of benzene rings is 1. The Morgan fingerprint density at radius 3 is 2.54 bits per heavy atom. The lowest BCUT2D eigenvalue weighted by Gasteiger charge is -2.20. The van der Waals surface area contributed by atoms with Gasteiger partial charge < -0.3 is 14.5 Å². The molecule has 0 unspecified atom stereocenters. The molecule has 6 heteroatoms. The fourth-order valence-electron chi connectivity index (χ4n) is 3.11. The molecule has 1 aromatic heterocycles. The first-order valence-corrected chi connectivity index (χ1v) is 9.64. The number of likely N-dealkylation sites (tertiary alicyclic amines) is 1. The number of likely N-dealkylation sites (N-methyl/N-ethyl adjacent to an activating group) is 1. The van der Waals surface area contributed by atoms with Gasteiger partial charge in [0.2, 0.25) is 0 Å². The smallest absolute Gasteiger partial charge is 0.348 e. The Bertz CT molecular complexity index is 783. The molecule has 0 radical (unpaired) electrons. The van der Waals surface area contributed by atoms with Gasteiger partial charge in [-0.1, -0.05) is 12.1 Å². The molecule has 138 valence electrons. The Labute approximate surface area is 158 Å². The number of carbonyl (C=O) groups excluding carboxylic acids is 2. The summed E-state index contributed by atoms with van der Waals surface area (Å²) in [4.78, 5) is 30.1.